The van der Waals surface area contributed by atoms with Crippen LogP contribution in [0, 0.1) is 0 Å². The van der Waals surface area contributed by atoms with E-state index in [4.69, 9.17) is 11.5 Å². The van der Waals surface area contributed by atoms with E-state index in [2.05, 4.69) is 15.3 Å². The molecule has 0 saturated carbocycles. The third kappa shape index (κ3) is 3.41. The Morgan fingerprint density at radius 2 is 2.07 bits per heavy atom. The highest BCUT2D eigenvalue weighted by Gasteiger charge is 2.21. The average molecular weight is 209 g/mol. The van der Waals surface area contributed by atoms with E-state index in [0.29, 0.717) is 11.6 Å². The quantitative estimate of drug-likeness (QED) is 0.653. The van der Waals surface area contributed by atoms with Crippen molar-refractivity contribution in [2.45, 2.75) is 25.8 Å². The molecule has 1 amide bonds. The molecule has 0 spiro atoms. The van der Waals surface area contributed by atoms with E-state index in [1.54, 1.807) is 0 Å². The summed E-state index contributed by atoms with van der Waals surface area (Å²) in [6.45, 7) is 3.68. The zero-order valence-electron chi connectivity index (χ0n) is 8.82. The van der Waals surface area contributed by atoms with Gasteiger partial charge in [0.25, 0.3) is 0 Å². The standard InChI is InChI=1S/C9H15N5O/c1-9(2,5-6(10)15)14-8-7(11)12-3-4-13-8/h3-4H,5H2,1-2H3,(H2,10,15)(H2,11,12)(H,13,14). The maximum atomic E-state index is 10.8. The van der Waals surface area contributed by atoms with Crippen molar-refractivity contribution in [1.82, 2.24) is 9.97 Å². The lowest BCUT2D eigenvalue weighted by Crippen LogP contribution is -2.36. The van der Waals surface area contributed by atoms with Crippen molar-refractivity contribution in [3.63, 3.8) is 0 Å². The number of hydrogen-bond acceptors (Lipinski definition) is 5. The Hall–Kier alpha value is -1.85. The number of anilines is 2. The van der Waals surface area contributed by atoms with Gasteiger partial charge in [-0.2, -0.15) is 0 Å². The van der Waals surface area contributed by atoms with Crippen LogP contribution in [0.25, 0.3) is 0 Å². The van der Waals surface area contributed by atoms with Crippen LogP contribution in [0.1, 0.15) is 20.3 Å². The largest absolute Gasteiger partial charge is 0.381 e. The third-order valence-electron chi connectivity index (χ3n) is 1.80. The molecule has 5 N–H and O–H groups in total. The Morgan fingerprint density at radius 3 is 2.60 bits per heavy atom. The summed E-state index contributed by atoms with van der Waals surface area (Å²) in [6.07, 6.45) is 3.23. The maximum absolute atomic E-state index is 10.8. The van der Waals surface area contributed by atoms with Crippen molar-refractivity contribution in [3.05, 3.63) is 12.4 Å². The lowest BCUT2D eigenvalue weighted by atomic mass is 10.0. The molecule has 0 radical (unpaired) electrons. The van der Waals surface area contributed by atoms with E-state index in [9.17, 15) is 4.79 Å². The summed E-state index contributed by atoms with van der Waals surface area (Å²) in [5.41, 5.74) is 10.2. The number of nitrogens with zero attached hydrogens (tertiary/aromatic N) is 2. The molecule has 1 aromatic rings. The van der Waals surface area contributed by atoms with Gasteiger partial charge in [-0.3, -0.25) is 4.79 Å². The van der Waals surface area contributed by atoms with Gasteiger partial charge in [0, 0.05) is 24.4 Å². The molecular formula is C9H15N5O. The van der Waals surface area contributed by atoms with Crippen LogP contribution in [0.5, 0.6) is 0 Å². The fourth-order valence-electron chi connectivity index (χ4n) is 1.25. The Labute approximate surface area is 88.1 Å². The molecule has 0 aliphatic carbocycles. The second-order valence-corrected chi connectivity index (χ2v) is 3.94. The highest BCUT2D eigenvalue weighted by molar-refractivity contribution is 5.76. The number of aromatic nitrogens is 2. The molecule has 0 saturated heterocycles. The summed E-state index contributed by atoms with van der Waals surface area (Å²) in [7, 11) is 0. The number of nitrogens with two attached hydrogens (primary N) is 2. The first kappa shape index (κ1) is 11.2. The Kier molecular flexibility index (Phi) is 3.08. The van der Waals surface area contributed by atoms with Crippen LogP contribution < -0.4 is 16.8 Å². The molecule has 1 heterocycles. The average Bonchev–Trinajstić information content (AvgIpc) is 2.06. The maximum Gasteiger partial charge on any atom is 0.219 e. The van der Waals surface area contributed by atoms with E-state index in [0.717, 1.165) is 0 Å². The van der Waals surface area contributed by atoms with Crippen molar-refractivity contribution in [1.29, 1.82) is 0 Å². The van der Waals surface area contributed by atoms with E-state index in [1.807, 2.05) is 13.8 Å². The number of nitrogen functional groups attached to an aromatic ring is 1. The molecule has 82 valence electrons. The lowest BCUT2D eigenvalue weighted by Gasteiger charge is -2.25. The van der Waals surface area contributed by atoms with Gasteiger partial charge in [0.1, 0.15) is 0 Å². The monoisotopic (exact) mass is 209 g/mol. The van der Waals surface area contributed by atoms with Crippen molar-refractivity contribution < 1.29 is 4.79 Å². The Bertz CT molecular complexity index is 363. The first-order chi connectivity index (χ1) is 6.91. The molecular weight excluding hydrogens is 194 g/mol. The van der Waals surface area contributed by atoms with Gasteiger partial charge in [0.05, 0.1) is 0 Å². The third-order valence-corrected chi connectivity index (χ3v) is 1.80. The molecule has 0 fully saturated rings. The van der Waals surface area contributed by atoms with Crippen LogP contribution in [0.3, 0.4) is 0 Å². The number of amides is 1. The summed E-state index contributed by atoms with van der Waals surface area (Å²) in [6, 6.07) is 0. The molecule has 0 aliphatic rings. The predicted molar refractivity (Wildman–Crippen MR) is 58.0 cm³/mol. The minimum atomic E-state index is -0.490. The molecule has 1 aromatic heterocycles. The smallest absolute Gasteiger partial charge is 0.219 e. The highest BCUT2D eigenvalue weighted by atomic mass is 16.1. The molecule has 0 aromatic carbocycles. The van der Waals surface area contributed by atoms with Gasteiger partial charge in [-0.05, 0) is 13.8 Å². The molecule has 15 heavy (non-hydrogen) atoms. The number of hydrogen-bond donors (Lipinski definition) is 3. The summed E-state index contributed by atoms with van der Waals surface area (Å²) < 4.78 is 0. The van der Waals surface area contributed by atoms with Gasteiger partial charge in [-0.1, -0.05) is 0 Å². The molecule has 0 aliphatic heterocycles. The topological polar surface area (TPSA) is 107 Å². The summed E-state index contributed by atoms with van der Waals surface area (Å²) in [4.78, 5) is 18.7. The summed E-state index contributed by atoms with van der Waals surface area (Å²) >= 11 is 0. The van der Waals surface area contributed by atoms with E-state index >= 15 is 0 Å². The van der Waals surface area contributed by atoms with Crippen molar-refractivity contribution in [3.8, 4) is 0 Å². The zero-order valence-corrected chi connectivity index (χ0v) is 8.82. The van der Waals surface area contributed by atoms with Crippen LogP contribution in [-0.4, -0.2) is 21.4 Å². The number of primary amides is 1. The van der Waals surface area contributed by atoms with Gasteiger partial charge in [0.15, 0.2) is 11.6 Å². The molecule has 1 rings (SSSR count). The number of carbonyl (C=O) groups is 1. The van der Waals surface area contributed by atoms with Gasteiger partial charge < -0.3 is 16.8 Å². The van der Waals surface area contributed by atoms with Gasteiger partial charge in [0.2, 0.25) is 5.91 Å². The molecule has 0 atom stereocenters. The first-order valence-electron chi connectivity index (χ1n) is 4.54. The van der Waals surface area contributed by atoms with Crippen LogP contribution >= 0.6 is 0 Å². The molecule has 6 nitrogen and oxygen atoms in total. The Balaban J connectivity index is 2.77. The van der Waals surface area contributed by atoms with Crippen LogP contribution in [0.15, 0.2) is 12.4 Å². The normalized spacial score (nSPS) is 11.1. The minimum absolute atomic E-state index is 0.197. The van der Waals surface area contributed by atoms with Gasteiger partial charge in [-0.25, -0.2) is 9.97 Å². The molecule has 0 bridgehead atoms. The minimum Gasteiger partial charge on any atom is -0.381 e. The van der Waals surface area contributed by atoms with Crippen molar-refractivity contribution in [2.24, 2.45) is 5.73 Å². The first-order valence-corrected chi connectivity index (χ1v) is 4.54. The number of rotatable bonds is 4. The zero-order chi connectivity index (χ0) is 11.5. The number of carbonyl (C=O) groups excluding carboxylic acids is 1. The van der Waals surface area contributed by atoms with Crippen LogP contribution in [0.2, 0.25) is 0 Å². The highest BCUT2D eigenvalue weighted by Crippen LogP contribution is 2.19. The van der Waals surface area contributed by atoms with E-state index in [-0.39, 0.29) is 12.3 Å². The van der Waals surface area contributed by atoms with Crippen molar-refractivity contribution >= 4 is 17.5 Å². The van der Waals surface area contributed by atoms with Crippen molar-refractivity contribution in [2.75, 3.05) is 11.1 Å². The predicted octanol–water partition coefficient (Wildman–Crippen LogP) is 0.125. The van der Waals surface area contributed by atoms with E-state index < -0.39 is 5.54 Å². The van der Waals surface area contributed by atoms with Gasteiger partial charge >= 0.3 is 0 Å². The molecule has 6 heteroatoms. The lowest BCUT2D eigenvalue weighted by molar-refractivity contribution is -0.118. The fraction of sp³-hybridized carbons (Fsp3) is 0.444. The molecule has 0 unspecified atom stereocenters. The van der Waals surface area contributed by atoms with Crippen LogP contribution in [-0.2, 0) is 4.79 Å². The Morgan fingerprint density at radius 1 is 1.47 bits per heavy atom. The van der Waals surface area contributed by atoms with Crippen LogP contribution in [0.4, 0.5) is 11.6 Å². The summed E-state index contributed by atoms with van der Waals surface area (Å²) in [5.74, 6) is 0.383. The number of nitrogens with one attached hydrogen (secondary N) is 1. The van der Waals surface area contributed by atoms with E-state index in [1.165, 1.54) is 12.4 Å². The summed E-state index contributed by atoms with van der Waals surface area (Å²) in [5, 5.41) is 3.02. The second kappa shape index (κ2) is 4.12. The SMILES string of the molecule is CC(C)(CC(N)=O)Nc1nccnc1N. The van der Waals surface area contributed by atoms with Gasteiger partial charge in [-0.15, -0.1) is 0 Å². The fourth-order valence-corrected chi connectivity index (χ4v) is 1.25. The second-order valence-electron chi connectivity index (χ2n) is 3.94.